The van der Waals surface area contributed by atoms with Crippen molar-refractivity contribution < 1.29 is 27.5 Å². The first-order valence-corrected chi connectivity index (χ1v) is 11.4. The van der Waals surface area contributed by atoms with E-state index >= 15 is 0 Å². The quantitative estimate of drug-likeness (QED) is 0.639. The molecule has 0 unspecified atom stereocenters. The minimum Gasteiger partial charge on any atom is -0.474 e. The van der Waals surface area contributed by atoms with E-state index in [1.807, 2.05) is 0 Å². The van der Waals surface area contributed by atoms with Gasteiger partial charge in [0.05, 0.1) is 5.56 Å². The Balaban J connectivity index is 1.21. The van der Waals surface area contributed by atoms with Crippen molar-refractivity contribution in [3.8, 4) is 5.88 Å². The molecule has 0 atom stereocenters. The number of alkyl halides is 3. The average molecular weight is 497 g/mol. The largest absolute Gasteiger partial charge is 0.474 e. The van der Waals surface area contributed by atoms with Gasteiger partial charge in [0.15, 0.2) is 0 Å². The minimum atomic E-state index is -4.44. The number of aromatic nitrogens is 1. The van der Waals surface area contributed by atoms with Crippen LogP contribution in [-0.2, 0) is 11.0 Å². The Morgan fingerprint density at radius 1 is 1.15 bits per heavy atom. The van der Waals surface area contributed by atoms with E-state index in [4.69, 9.17) is 16.3 Å². The second-order valence-corrected chi connectivity index (χ2v) is 8.81. The molecule has 2 aromatic rings. The predicted molar refractivity (Wildman–Crippen MR) is 120 cm³/mol. The summed E-state index contributed by atoms with van der Waals surface area (Å²) in [6, 6.07) is 8.90. The number of carbonyl (C=O) groups excluding carboxylic acids is 2. The Labute approximate surface area is 199 Å². The molecule has 1 aliphatic carbocycles. The molecular formula is C23H24ClF3N4O3. The van der Waals surface area contributed by atoms with Crippen LogP contribution in [0.15, 0.2) is 42.6 Å². The van der Waals surface area contributed by atoms with Gasteiger partial charge >= 0.3 is 12.2 Å². The van der Waals surface area contributed by atoms with E-state index in [9.17, 15) is 22.8 Å². The Morgan fingerprint density at radius 3 is 2.56 bits per heavy atom. The molecule has 2 fully saturated rings. The lowest BCUT2D eigenvalue weighted by atomic mass is 9.93. The molecule has 0 spiro atoms. The van der Waals surface area contributed by atoms with Crippen molar-refractivity contribution in [1.29, 1.82) is 0 Å². The lowest BCUT2D eigenvalue weighted by Crippen LogP contribution is -2.45. The van der Waals surface area contributed by atoms with Crippen LogP contribution in [0.2, 0.25) is 5.02 Å². The fourth-order valence-electron chi connectivity index (χ4n) is 4.17. The summed E-state index contributed by atoms with van der Waals surface area (Å²) in [6.45, 7) is 0.897. The molecule has 4 rings (SSSR count). The molecule has 1 aliphatic heterocycles. The van der Waals surface area contributed by atoms with Crippen LogP contribution >= 0.6 is 11.6 Å². The van der Waals surface area contributed by atoms with Crippen molar-refractivity contribution in [2.45, 2.75) is 44.0 Å². The van der Waals surface area contributed by atoms with Crippen LogP contribution < -0.4 is 15.0 Å². The van der Waals surface area contributed by atoms with Crippen molar-refractivity contribution in [1.82, 2.24) is 15.2 Å². The van der Waals surface area contributed by atoms with Crippen molar-refractivity contribution in [3.05, 3.63) is 53.2 Å². The van der Waals surface area contributed by atoms with Gasteiger partial charge in [-0.05, 0) is 49.9 Å². The van der Waals surface area contributed by atoms with Gasteiger partial charge in [-0.25, -0.2) is 9.78 Å². The van der Waals surface area contributed by atoms with E-state index in [0.29, 0.717) is 49.5 Å². The molecule has 1 saturated heterocycles. The maximum Gasteiger partial charge on any atom is 0.417 e. The third kappa shape index (κ3) is 5.91. The molecule has 2 heterocycles. The molecular weight excluding hydrogens is 473 g/mol. The topological polar surface area (TPSA) is 74.8 Å². The molecule has 1 aromatic heterocycles. The van der Waals surface area contributed by atoms with Gasteiger partial charge in [-0.3, -0.25) is 9.69 Å². The molecule has 1 N–H and O–H groups in total. The zero-order valence-electron chi connectivity index (χ0n) is 18.2. The van der Waals surface area contributed by atoms with Gasteiger partial charge in [-0.1, -0.05) is 17.7 Å². The maximum absolute atomic E-state index is 12.7. The third-order valence-corrected chi connectivity index (χ3v) is 6.17. The van der Waals surface area contributed by atoms with Crippen molar-refractivity contribution in [2.24, 2.45) is 0 Å². The van der Waals surface area contributed by atoms with Crippen molar-refractivity contribution in [3.63, 3.8) is 0 Å². The average Bonchev–Trinajstić information content (AvgIpc) is 3.15. The smallest absolute Gasteiger partial charge is 0.417 e. The highest BCUT2D eigenvalue weighted by molar-refractivity contribution is 6.30. The Morgan fingerprint density at radius 2 is 1.91 bits per heavy atom. The second kappa shape index (κ2) is 10.1. The number of halogens is 4. The zero-order valence-corrected chi connectivity index (χ0v) is 19.0. The number of benzene rings is 1. The van der Waals surface area contributed by atoms with Crippen molar-refractivity contribution in [2.75, 3.05) is 24.5 Å². The van der Waals surface area contributed by atoms with Gasteiger partial charge in [-0.15, -0.1) is 0 Å². The van der Waals surface area contributed by atoms with Gasteiger partial charge < -0.3 is 15.0 Å². The number of urea groups is 1. The Kier molecular flexibility index (Phi) is 7.16. The molecule has 1 aromatic carbocycles. The van der Waals surface area contributed by atoms with Crippen LogP contribution in [0.5, 0.6) is 5.88 Å². The summed E-state index contributed by atoms with van der Waals surface area (Å²) in [5.74, 6) is -0.0765. The molecule has 11 heteroatoms. The van der Waals surface area contributed by atoms with Crippen LogP contribution in [-0.4, -0.2) is 53.6 Å². The Hall–Kier alpha value is -3.01. The molecule has 3 amide bonds. The normalized spacial score (nSPS) is 21.0. The molecule has 182 valence electrons. The van der Waals surface area contributed by atoms with E-state index in [2.05, 4.69) is 10.3 Å². The first kappa shape index (κ1) is 24.1. The second-order valence-electron chi connectivity index (χ2n) is 8.38. The number of rotatable bonds is 6. The number of hydrogen-bond donors (Lipinski definition) is 1. The summed E-state index contributed by atoms with van der Waals surface area (Å²) in [4.78, 5) is 32.0. The number of nitrogens with one attached hydrogen (secondary N) is 1. The van der Waals surface area contributed by atoms with E-state index in [0.717, 1.165) is 12.3 Å². The van der Waals surface area contributed by atoms with Gasteiger partial charge in [0.25, 0.3) is 0 Å². The van der Waals surface area contributed by atoms with E-state index in [1.165, 1.54) is 11.0 Å². The number of anilines is 1. The summed E-state index contributed by atoms with van der Waals surface area (Å²) in [6.07, 6.45) is -1.25. The predicted octanol–water partition coefficient (Wildman–Crippen LogP) is 4.50. The van der Waals surface area contributed by atoms with Crippen LogP contribution in [0.3, 0.4) is 0 Å². The van der Waals surface area contributed by atoms with Gasteiger partial charge in [0, 0.05) is 42.1 Å². The molecule has 0 radical (unpaired) electrons. The zero-order chi connectivity index (χ0) is 24.3. The molecule has 0 bridgehead atoms. The lowest BCUT2D eigenvalue weighted by Gasteiger charge is -2.29. The fraction of sp³-hybridized carbons (Fsp3) is 0.435. The SMILES string of the molecule is O=C(CN1CCN(c2cccc(Cl)c2)C1=O)NC1CCC(Oc2ccc(C(F)(F)F)cn2)CC1. The summed E-state index contributed by atoms with van der Waals surface area (Å²) in [5.41, 5.74) is -0.125. The van der Waals surface area contributed by atoms with Gasteiger partial charge in [0.1, 0.15) is 12.6 Å². The number of ether oxygens (including phenoxy) is 1. The highest BCUT2D eigenvalue weighted by Gasteiger charge is 2.33. The highest BCUT2D eigenvalue weighted by atomic mass is 35.5. The van der Waals surface area contributed by atoms with Crippen LogP contribution in [0, 0.1) is 0 Å². The Bertz CT molecular complexity index is 1030. The summed E-state index contributed by atoms with van der Waals surface area (Å²) < 4.78 is 43.6. The lowest BCUT2D eigenvalue weighted by molar-refractivity contribution is -0.137. The first-order chi connectivity index (χ1) is 16.2. The van der Waals surface area contributed by atoms with Crippen LogP contribution in [0.4, 0.5) is 23.7 Å². The van der Waals surface area contributed by atoms with Gasteiger partial charge in [0.2, 0.25) is 11.8 Å². The van der Waals surface area contributed by atoms with Crippen LogP contribution in [0.25, 0.3) is 0 Å². The highest BCUT2D eigenvalue weighted by Crippen LogP contribution is 2.30. The monoisotopic (exact) mass is 496 g/mol. The number of pyridine rings is 1. The number of carbonyl (C=O) groups is 2. The number of hydrogen-bond acceptors (Lipinski definition) is 4. The standard InChI is InChI=1S/C23H24ClF3N4O3/c24-16-2-1-3-18(12-16)31-11-10-30(22(31)33)14-20(32)29-17-5-7-19(8-6-17)34-21-9-4-15(13-28-21)23(25,26)27/h1-4,9,12-13,17,19H,5-8,10-11,14H2,(H,29,32). The van der Waals surface area contributed by atoms with Gasteiger partial charge in [-0.2, -0.15) is 13.2 Å². The fourth-order valence-corrected chi connectivity index (χ4v) is 4.36. The van der Waals surface area contributed by atoms with E-state index in [-0.39, 0.29) is 36.5 Å². The minimum absolute atomic E-state index is 0.0260. The molecule has 34 heavy (non-hydrogen) atoms. The number of nitrogens with zero attached hydrogens (tertiary/aromatic N) is 3. The molecule has 2 aliphatic rings. The summed E-state index contributed by atoms with van der Waals surface area (Å²) >= 11 is 6.01. The first-order valence-electron chi connectivity index (χ1n) is 11.0. The van der Waals surface area contributed by atoms with E-state index < -0.39 is 11.7 Å². The van der Waals surface area contributed by atoms with Crippen molar-refractivity contribution >= 4 is 29.2 Å². The number of amides is 3. The third-order valence-electron chi connectivity index (χ3n) is 5.94. The van der Waals surface area contributed by atoms with E-state index in [1.54, 1.807) is 29.2 Å². The maximum atomic E-state index is 12.7. The molecule has 1 saturated carbocycles. The summed E-state index contributed by atoms with van der Waals surface area (Å²) in [5, 5.41) is 3.51. The van der Waals surface area contributed by atoms with Crippen LogP contribution in [0.1, 0.15) is 31.2 Å². The molecule has 7 nitrogen and oxygen atoms in total. The summed E-state index contributed by atoms with van der Waals surface area (Å²) in [7, 11) is 0.